The summed E-state index contributed by atoms with van der Waals surface area (Å²) in [5, 5.41) is 0. The predicted molar refractivity (Wildman–Crippen MR) is 145 cm³/mol. The molecule has 1 heterocycles. The van der Waals surface area contributed by atoms with Crippen molar-refractivity contribution in [3.63, 3.8) is 0 Å². The van der Waals surface area contributed by atoms with Crippen molar-refractivity contribution >= 4 is 0 Å². The minimum absolute atomic E-state index is 0.637. The van der Waals surface area contributed by atoms with Gasteiger partial charge in [0, 0.05) is 25.5 Å². The van der Waals surface area contributed by atoms with Crippen LogP contribution >= 0.6 is 0 Å². The number of hydrogen-bond donors (Lipinski definition) is 0. The zero-order chi connectivity index (χ0) is 23.1. The van der Waals surface area contributed by atoms with Crippen molar-refractivity contribution in [1.29, 1.82) is 0 Å². The molecule has 2 heteroatoms. The van der Waals surface area contributed by atoms with Crippen molar-refractivity contribution < 1.29 is 0 Å². The zero-order valence-electron chi connectivity index (χ0n) is 22.6. The van der Waals surface area contributed by atoms with E-state index in [1.54, 1.807) is 0 Å². The first-order valence-corrected chi connectivity index (χ1v) is 15.0. The lowest BCUT2D eigenvalue weighted by Gasteiger charge is -2.33. The third-order valence-electron chi connectivity index (χ3n) is 7.30. The summed E-state index contributed by atoms with van der Waals surface area (Å²) in [6.07, 6.45) is 36.7. The molecule has 0 N–H and O–H groups in total. The van der Waals surface area contributed by atoms with E-state index in [9.17, 15) is 0 Å². The van der Waals surface area contributed by atoms with E-state index in [2.05, 4.69) is 43.0 Å². The minimum Gasteiger partial charge on any atom is -0.356 e. The van der Waals surface area contributed by atoms with Crippen molar-refractivity contribution in [3.8, 4) is 0 Å². The van der Waals surface area contributed by atoms with Crippen molar-refractivity contribution in [2.45, 2.75) is 168 Å². The molecule has 0 saturated carbocycles. The van der Waals surface area contributed by atoms with Crippen molar-refractivity contribution in [1.82, 2.24) is 9.80 Å². The van der Waals surface area contributed by atoms with E-state index < -0.39 is 0 Å². The van der Waals surface area contributed by atoms with Crippen LogP contribution in [0.2, 0.25) is 0 Å². The molecule has 0 aromatic carbocycles. The fourth-order valence-corrected chi connectivity index (χ4v) is 5.16. The van der Waals surface area contributed by atoms with Crippen LogP contribution in [0.5, 0.6) is 0 Å². The van der Waals surface area contributed by atoms with E-state index in [1.807, 2.05) is 0 Å². The number of rotatable bonds is 24. The van der Waals surface area contributed by atoms with E-state index >= 15 is 0 Å². The van der Waals surface area contributed by atoms with E-state index in [4.69, 9.17) is 0 Å². The van der Waals surface area contributed by atoms with Crippen LogP contribution < -0.4 is 0 Å². The minimum atomic E-state index is 0.637. The molecular weight excluding hydrogens is 388 g/mol. The average molecular weight is 449 g/mol. The lowest BCUT2D eigenvalue weighted by molar-refractivity contribution is 0.138. The molecule has 0 aromatic rings. The highest BCUT2D eigenvalue weighted by molar-refractivity contribution is 4.96. The van der Waals surface area contributed by atoms with Crippen LogP contribution in [0.3, 0.4) is 0 Å². The fourth-order valence-electron chi connectivity index (χ4n) is 5.16. The third kappa shape index (κ3) is 15.2. The van der Waals surface area contributed by atoms with E-state index in [0.29, 0.717) is 6.17 Å². The fraction of sp³-hybridized carbons (Fsp3) is 0.933. The van der Waals surface area contributed by atoms with Gasteiger partial charge in [-0.3, -0.25) is 0 Å². The molecule has 0 saturated heterocycles. The van der Waals surface area contributed by atoms with Crippen molar-refractivity contribution in [3.05, 3.63) is 12.4 Å². The highest BCUT2D eigenvalue weighted by Crippen LogP contribution is 2.22. The van der Waals surface area contributed by atoms with Crippen LogP contribution in [0.1, 0.15) is 162 Å². The summed E-state index contributed by atoms with van der Waals surface area (Å²) in [6, 6.07) is 0. The molecule has 0 bridgehead atoms. The average Bonchev–Trinajstić information content (AvgIpc) is 3.18. The lowest BCUT2D eigenvalue weighted by Crippen LogP contribution is -2.39. The second-order valence-corrected chi connectivity index (χ2v) is 10.4. The van der Waals surface area contributed by atoms with E-state index in [-0.39, 0.29) is 0 Å². The first kappa shape index (κ1) is 29.4. The molecule has 1 unspecified atom stereocenters. The second kappa shape index (κ2) is 22.1. The maximum Gasteiger partial charge on any atom is 0.101 e. The molecule has 1 aliphatic rings. The maximum atomic E-state index is 2.63. The standard InChI is InChI=1S/C30H60N2/c1-4-7-9-10-11-12-13-14-15-16-17-18-19-20-21-22-24-27-32-29-28-31(26-23-8-5-2)30(32)25-6-3/h28-30H,4-27H2,1-3H3. The van der Waals surface area contributed by atoms with Gasteiger partial charge in [0.25, 0.3) is 0 Å². The summed E-state index contributed by atoms with van der Waals surface area (Å²) in [4.78, 5) is 5.23. The first-order valence-electron chi connectivity index (χ1n) is 15.0. The Hall–Kier alpha value is -0.660. The first-order chi connectivity index (χ1) is 15.8. The largest absolute Gasteiger partial charge is 0.356 e. The zero-order valence-corrected chi connectivity index (χ0v) is 22.6. The number of nitrogens with zero attached hydrogens (tertiary/aromatic N) is 2. The molecule has 0 spiro atoms. The Balaban J connectivity index is 1.88. The molecule has 0 radical (unpaired) electrons. The third-order valence-corrected chi connectivity index (χ3v) is 7.30. The molecule has 1 aliphatic heterocycles. The van der Waals surface area contributed by atoms with Gasteiger partial charge in [0.2, 0.25) is 0 Å². The Labute approximate surface area is 203 Å². The Morgan fingerprint density at radius 2 is 0.719 bits per heavy atom. The molecule has 0 aromatic heterocycles. The Morgan fingerprint density at radius 3 is 1.09 bits per heavy atom. The predicted octanol–water partition coefficient (Wildman–Crippen LogP) is 10.0. The highest BCUT2D eigenvalue weighted by Gasteiger charge is 2.24. The van der Waals surface area contributed by atoms with Gasteiger partial charge in [-0.05, 0) is 19.3 Å². The van der Waals surface area contributed by atoms with Crippen LogP contribution in [0.25, 0.3) is 0 Å². The molecule has 0 fully saturated rings. The second-order valence-electron chi connectivity index (χ2n) is 10.4. The molecule has 1 atom stereocenters. The van der Waals surface area contributed by atoms with Crippen LogP contribution in [0.15, 0.2) is 12.4 Å². The van der Waals surface area contributed by atoms with Gasteiger partial charge in [0.15, 0.2) is 0 Å². The van der Waals surface area contributed by atoms with Crippen LogP contribution in [0, 0.1) is 0 Å². The monoisotopic (exact) mass is 448 g/mol. The Bertz CT molecular complexity index is 406. The quantitative estimate of drug-likeness (QED) is 0.135. The number of hydrogen-bond acceptors (Lipinski definition) is 2. The summed E-state index contributed by atoms with van der Waals surface area (Å²) >= 11 is 0. The van der Waals surface area contributed by atoms with Crippen molar-refractivity contribution in [2.75, 3.05) is 13.1 Å². The molecule has 2 nitrogen and oxygen atoms in total. The van der Waals surface area contributed by atoms with Gasteiger partial charge in [-0.1, -0.05) is 143 Å². The molecular formula is C30H60N2. The van der Waals surface area contributed by atoms with Crippen LogP contribution in [0.4, 0.5) is 0 Å². The summed E-state index contributed by atoms with van der Waals surface area (Å²) in [6.45, 7) is 9.43. The highest BCUT2D eigenvalue weighted by atomic mass is 15.4. The number of unbranched alkanes of at least 4 members (excludes halogenated alkanes) is 18. The van der Waals surface area contributed by atoms with Crippen LogP contribution in [-0.4, -0.2) is 29.1 Å². The summed E-state index contributed by atoms with van der Waals surface area (Å²) < 4.78 is 0. The van der Waals surface area contributed by atoms with Gasteiger partial charge in [-0.2, -0.15) is 0 Å². The topological polar surface area (TPSA) is 6.48 Å². The normalized spacial score (nSPS) is 15.9. The van der Waals surface area contributed by atoms with E-state index in [1.165, 1.54) is 154 Å². The van der Waals surface area contributed by atoms with Gasteiger partial charge in [-0.25, -0.2) is 0 Å². The Morgan fingerprint density at radius 1 is 0.406 bits per heavy atom. The SMILES string of the molecule is CCCCCCCCCCCCCCCCCCCN1C=CN(CCCCC)C1CCC. The van der Waals surface area contributed by atoms with Gasteiger partial charge < -0.3 is 9.80 Å². The lowest BCUT2D eigenvalue weighted by atomic mass is 10.0. The van der Waals surface area contributed by atoms with Crippen LogP contribution in [-0.2, 0) is 0 Å². The summed E-state index contributed by atoms with van der Waals surface area (Å²) in [7, 11) is 0. The molecule has 32 heavy (non-hydrogen) atoms. The maximum absolute atomic E-state index is 2.63. The molecule has 0 aliphatic carbocycles. The van der Waals surface area contributed by atoms with Gasteiger partial charge in [0.05, 0.1) is 0 Å². The summed E-state index contributed by atoms with van der Waals surface area (Å²) in [5.74, 6) is 0. The molecule has 190 valence electrons. The van der Waals surface area contributed by atoms with E-state index in [0.717, 1.165) is 0 Å². The Kier molecular flexibility index (Phi) is 20.3. The summed E-state index contributed by atoms with van der Waals surface area (Å²) in [5.41, 5.74) is 0. The smallest absolute Gasteiger partial charge is 0.101 e. The molecule has 1 rings (SSSR count). The van der Waals surface area contributed by atoms with Gasteiger partial charge in [-0.15, -0.1) is 0 Å². The molecule has 0 amide bonds. The van der Waals surface area contributed by atoms with Gasteiger partial charge >= 0.3 is 0 Å². The van der Waals surface area contributed by atoms with Crippen molar-refractivity contribution in [2.24, 2.45) is 0 Å². The van der Waals surface area contributed by atoms with Gasteiger partial charge in [0.1, 0.15) is 6.17 Å².